The smallest absolute Gasteiger partial charge is 0.247 e. The van der Waals surface area contributed by atoms with E-state index in [-0.39, 0.29) is 0 Å². The van der Waals surface area contributed by atoms with Crippen molar-refractivity contribution in [1.82, 2.24) is 4.90 Å². The van der Waals surface area contributed by atoms with Crippen molar-refractivity contribution < 1.29 is 19.1 Å². The van der Waals surface area contributed by atoms with Gasteiger partial charge in [-0.25, -0.2) is 0 Å². The second-order valence-electron chi connectivity index (χ2n) is 11.6. The minimum atomic E-state index is -1.29. The van der Waals surface area contributed by atoms with Gasteiger partial charge in [-0.3, -0.25) is 19.3 Å². The molecule has 0 unspecified atom stereocenters. The van der Waals surface area contributed by atoms with Crippen LogP contribution in [0.15, 0.2) is 91.0 Å². The summed E-state index contributed by atoms with van der Waals surface area (Å²) in [5.41, 5.74) is 5.68. The first-order valence-corrected chi connectivity index (χ1v) is 14.9. The first kappa shape index (κ1) is 27.7. The molecule has 0 spiro atoms. The largest absolute Gasteiger partial charge is 0.457 e. The van der Waals surface area contributed by atoms with E-state index in [1.165, 1.54) is 5.56 Å². The molecule has 4 aromatic rings. The fourth-order valence-corrected chi connectivity index (χ4v) is 8.05. The third-order valence-corrected chi connectivity index (χ3v) is 10.5. The Kier molecular flexibility index (Phi) is 6.24. The van der Waals surface area contributed by atoms with Gasteiger partial charge in [-0.1, -0.05) is 54.6 Å². The average molecular weight is 612 g/mol. The number of amides is 3. The Labute approximate surface area is 259 Å². The fraction of sp³-hybridized carbons (Fsp3) is 0.229. The van der Waals surface area contributed by atoms with Crippen molar-refractivity contribution in [3.63, 3.8) is 0 Å². The molecule has 1 aliphatic heterocycles. The number of halogens is 2. The number of ether oxygens (including phenoxy) is 1. The Morgan fingerprint density at radius 2 is 1.21 bits per heavy atom. The Balaban J connectivity index is 1.15. The number of rotatable bonds is 5. The predicted molar refractivity (Wildman–Crippen MR) is 166 cm³/mol. The van der Waals surface area contributed by atoms with E-state index in [4.69, 9.17) is 27.9 Å². The van der Waals surface area contributed by atoms with E-state index in [0.717, 1.165) is 32.7 Å². The fourth-order valence-electron chi connectivity index (χ4n) is 6.95. The molecule has 1 fully saturated rings. The molecule has 0 radical (unpaired) electrons. The summed E-state index contributed by atoms with van der Waals surface area (Å²) in [5.74, 6) is -2.09. The maximum absolute atomic E-state index is 14.1. The van der Waals surface area contributed by atoms with Crippen molar-refractivity contribution in [3.05, 3.63) is 124 Å². The lowest BCUT2D eigenvalue weighted by Crippen LogP contribution is -2.57. The molecule has 43 heavy (non-hydrogen) atoms. The predicted octanol–water partition coefficient (Wildman–Crippen LogP) is 7.02. The van der Waals surface area contributed by atoms with Crippen LogP contribution in [-0.4, -0.2) is 28.7 Å². The highest BCUT2D eigenvalue weighted by Crippen LogP contribution is 2.69. The first-order chi connectivity index (χ1) is 20.6. The van der Waals surface area contributed by atoms with Crippen molar-refractivity contribution in [2.75, 3.05) is 5.32 Å². The molecule has 0 aromatic heterocycles. The minimum absolute atomic E-state index is 0.501. The summed E-state index contributed by atoms with van der Waals surface area (Å²) < 4.78 is 5.95. The summed E-state index contributed by atoms with van der Waals surface area (Å²) in [7, 11) is 0. The van der Waals surface area contributed by atoms with E-state index in [1.54, 1.807) is 31.2 Å². The number of nitrogens with one attached hydrogen (secondary N) is 1. The first-order valence-electron chi connectivity index (χ1n) is 14.2. The zero-order chi connectivity index (χ0) is 30.3. The minimum Gasteiger partial charge on any atom is -0.457 e. The van der Waals surface area contributed by atoms with Gasteiger partial charge in [0.1, 0.15) is 27.3 Å². The number of aryl methyl sites for hydroxylation is 2. The monoisotopic (exact) mass is 610 g/mol. The Morgan fingerprint density at radius 3 is 1.67 bits per heavy atom. The van der Waals surface area contributed by atoms with Gasteiger partial charge in [-0.15, -0.1) is 23.2 Å². The zero-order valence-corrected chi connectivity index (χ0v) is 25.2. The number of carbonyl (C=O) groups is 3. The molecule has 1 heterocycles. The Morgan fingerprint density at radius 1 is 0.744 bits per heavy atom. The van der Waals surface area contributed by atoms with Crippen LogP contribution in [0.5, 0.6) is 11.5 Å². The highest BCUT2D eigenvalue weighted by atomic mass is 35.5. The normalized spacial score (nSPS) is 25.6. The van der Waals surface area contributed by atoms with Crippen LogP contribution in [0.25, 0.3) is 0 Å². The molecule has 6 nitrogen and oxygen atoms in total. The number of alkyl halides is 2. The van der Waals surface area contributed by atoms with Gasteiger partial charge in [0, 0.05) is 5.69 Å². The summed E-state index contributed by atoms with van der Waals surface area (Å²) in [6.45, 7) is 5.61. The van der Waals surface area contributed by atoms with Gasteiger partial charge in [0.2, 0.25) is 17.7 Å². The van der Waals surface area contributed by atoms with E-state index >= 15 is 0 Å². The number of carbonyl (C=O) groups excluding carboxylic acids is 3. The molecule has 8 rings (SSSR count). The van der Waals surface area contributed by atoms with Crippen LogP contribution in [0.1, 0.15) is 40.3 Å². The molecule has 1 N–H and O–H groups in total. The molecule has 4 aliphatic rings. The Hall–Kier alpha value is -4.13. The van der Waals surface area contributed by atoms with E-state index in [1.807, 2.05) is 80.6 Å². The van der Waals surface area contributed by atoms with Crippen molar-refractivity contribution >= 4 is 46.6 Å². The summed E-state index contributed by atoms with van der Waals surface area (Å²) in [6, 6.07) is 26.6. The van der Waals surface area contributed by atoms with E-state index in [9.17, 15) is 14.4 Å². The number of imide groups is 1. The standard InChI is InChI=1S/C35H28Cl2N2O4/c1-19-12-15-24(18-20(19)2)43-23-16-13-22(14-17-23)38-31(40)21(3)39-32(41)29-30(33(39)42)35(37)26-9-5-4-8-25(26)34(29,36)27-10-6-7-11-28(27)35/h4-18,21,29-30H,1-3H3,(H,38,40)/t21-,29-,30+,34?,35?/m0/s1. The van der Waals surface area contributed by atoms with Crippen LogP contribution < -0.4 is 10.1 Å². The number of likely N-dealkylation sites (tertiary alicyclic amines) is 1. The molecule has 2 bridgehead atoms. The summed E-state index contributed by atoms with van der Waals surface area (Å²) in [4.78, 5) is 40.2. The maximum atomic E-state index is 14.1. The molecule has 216 valence electrons. The van der Waals surface area contributed by atoms with Gasteiger partial charge in [0.25, 0.3) is 0 Å². The topological polar surface area (TPSA) is 75.7 Å². The van der Waals surface area contributed by atoms with Crippen LogP contribution in [-0.2, 0) is 24.1 Å². The lowest BCUT2D eigenvalue weighted by atomic mass is 9.54. The molecule has 3 aliphatic carbocycles. The molecule has 3 amide bonds. The van der Waals surface area contributed by atoms with E-state index in [0.29, 0.717) is 17.2 Å². The number of benzene rings is 4. The van der Waals surface area contributed by atoms with Crippen LogP contribution in [0.3, 0.4) is 0 Å². The van der Waals surface area contributed by atoms with Gasteiger partial charge in [-0.2, -0.15) is 0 Å². The molecule has 4 aromatic carbocycles. The average Bonchev–Trinajstić information content (AvgIpc) is 3.29. The summed E-state index contributed by atoms with van der Waals surface area (Å²) in [5, 5.41) is 2.83. The lowest BCUT2D eigenvalue weighted by Gasteiger charge is -2.54. The molecule has 1 saturated heterocycles. The van der Waals surface area contributed by atoms with Crippen molar-refractivity contribution in [3.8, 4) is 11.5 Å². The second-order valence-corrected chi connectivity index (χ2v) is 12.7. The van der Waals surface area contributed by atoms with Crippen LogP contribution in [0.2, 0.25) is 0 Å². The van der Waals surface area contributed by atoms with E-state index < -0.39 is 45.3 Å². The van der Waals surface area contributed by atoms with Gasteiger partial charge in [0.15, 0.2) is 0 Å². The third-order valence-electron chi connectivity index (χ3n) is 9.22. The summed E-state index contributed by atoms with van der Waals surface area (Å²) >= 11 is 15.0. The van der Waals surface area contributed by atoms with Crippen LogP contribution in [0, 0.1) is 25.7 Å². The van der Waals surface area contributed by atoms with Crippen molar-refractivity contribution in [2.24, 2.45) is 11.8 Å². The zero-order valence-electron chi connectivity index (χ0n) is 23.7. The van der Waals surface area contributed by atoms with Crippen molar-refractivity contribution in [1.29, 1.82) is 0 Å². The van der Waals surface area contributed by atoms with Crippen molar-refractivity contribution in [2.45, 2.75) is 36.6 Å². The Bertz CT molecular complexity index is 1710. The van der Waals surface area contributed by atoms with Gasteiger partial charge < -0.3 is 10.1 Å². The molecular weight excluding hydrogens is 583 g/mol. The second kappa shape index (κ2) is 9.69. The molecular formula is C35H28Cl2N2O4. The third kappa shape index (κ3) is 3.82. The molecule has 3 atom stereocenters. The van der Waals surface area contributed by atoms with Gasteiger partial charge >= 0.3 is 0 Å². The highest BCUT2D eigenvalue weighted by molar-refractivity contribution is 6.36. The van der Waals surface area contributed by atoms with Crippen LogP contribution >= 0.6 is 23.2 Å². The quantitative estimate of drug-likeness (QED) is 0.195. The van der Waals surface area contributed by atoms with Crippen LogP contribution in [0.4, 0.5) is 5.69 Å². The molecule has 0 saturated carbocycles. The summed E-state index contributed by atoms with van der Waals surface area (Å²) in [6.07, 6.45) is 0. The van der Waals surface area contributed by atoms with Gasteiger partial charge in [0.05, 0.1) is 11.8 Å². The number of anilines is 1. The molecule has 8 heteroatoms. The maximum Gasteiger partial charge on any atom is 0.247 e. The SMILES string of the molecule is Cc1ccc(Oc2ccc(NC(=O)[C@H](C)N3C(=O)[C@@H]4[C@H](C3=O)C3(Cl)c5ccccc5C4(Cl)c4ccccc43)cc2)cc1C. The number of hydrogen-bond acceptors (Lipinski definition) is 4. The number of nitrogens with zero attached hydrogens (tertiary/aromatic N) is 1. The van der Waals surface area contributed by atoms with Gasteiger partial charge in [-0.05, 0) is 90.6 Å². The highest BCUT2D eigenvalue weighted by Gasteiger charge is 2.73. The number of hydrogen-bond donors (Lipinski definition) is 1. The van der Waals surface area contributed by atoms with E-state index in [2.05, 4.69) is 5.32 Å². The lowest BCUT2D eigenvalue weighted by molar-refractivity contribution is -0.146.